The third-order valence-electron chi connectivity index (χ3n) is 4.53. The Morgan fingerprint density at radius 2 is 1.72 bits per heavy atom. The third kappa shape index (κ3) is 3.93. The van der Waals surface area contributed by atoms with Crippen LogP contribution in [-0.2, 0) is 10.2 Å². The molecular formula is C19H18ClF2NO2. The van der Waals surface area contributed by atoms with Gasteiger partial charge in [0.15, 0.2) is 0 Å². The van der Waals surface area contributed by atoms with E-state index in [4.69, 9.17) is 11.6 Å². The number of benzene rings is 2. The zero-order chi connectivity index (χ0) is 18.0. The van der Waals surface area contributed by atoms with Crippen molar-refractivity contribution in [2.75, 3.05) is 0 Å². The van der Waals surface area contributed by atoms with E-state index in [1.165, 1.54) is 12.1 Å². The summed E-state index contributed by atoms with van der Waals surface area (Å²) < 4.78 is 28.7. The highest BCUT2D eigenvalue weighted by Gasteiger charge is 2.51. The highest BCUT2D eigenvalue weighted by molar-refractivity contribution is 6.30. The van der Waals surface area contributed by atoms with E-state index in [-0.39, 0.29) is 17.7 Å². The summed E-state index contributed by atoms with van der Waals surface area (Å²) in [5.41, 5.74) is 1.29. The fourth-order valence-corrected chi connectivity index (χ4v) is 3.02. The number of alkyl halides is 2. The zero-order valence-electron chi connectivity index (χ0n) is 13.6. The summed E-state index contributed by atoms with van der Waals surface area (Å²) >= 11 is 5.91. The van der Waals surface area contributed by atoms with Crippen molar-refractivity contribution in [1.82, 2.24) is 5.32 Å². The summed E-state index contributed by atoms with van der Waals surface area (Å²) in [6.45, 7) is -0.990. The molecule has 25 heavy (non-hydrogen) atoms. The van der Waals surface area contributed by atoms with Crippen molar-refractivity contribution < 1.29 is 18.3 Å². The van der Waals surface area contributed by atoms with Gasteiger partial charge in [0.25, 0.3) is 0 Å². The van der Waals surface area contributed by atoms with E-state index >= 15 is 0 Å². The average Bonchev–Trinajstić information content (AvgIpc) is 3.37. The average molecular weight is 366 g/mol. The second-order valence-electron chi connectivity index (χ2n) is 6.23. The predicted octanol–water partition coefficient (Wildman–Crippen LogP) is 4.85. The maximum absolute atomic E-state index is 12.7. The Balaban J connectivity index is 1.67. The third-order valence-corrected chi connectivity index (χ3v) is 4.79. The molecular weight excluding hydrogens is 348 g/mol. The molecule has 1 aliphatic rings. The van der Waals surface area contributed by atoms with E-state index in [0.29, 0.717) is 5.02 Å². The summed E-state index contributed by atoms with van der Waals surface area (Å²) in [5.74, 6) is 0.0623. The molecule has 2 aromatic rings. The Labute approximate surface area is 149 Å². The first-order valence-corrected chi connectivity index (χ1v) is 8.40. The first kappa shape index (κ1) is 17.7. The van der Waals surface area contributed by atoms with E-state index < -0.39 is 12.0 Å². The van der Waals surface area contributed by atoms with Crippen LogP contribution < -0.4 is 10.1 Å². The van der Waals surface area contributed by atoms with Crippen LogP contribution in [0, 0.1) is 0 Å². The fourth-order valence-electron chi connectivity index (χ4n) is 2.90. The lowest BCUT2D eigenvalue weighted by Gasteiger charge is -2.20. The number of halogens is 3. The van der Waals surface area contributed by atoms with Gasteiger partial charge in [-0.2, -0.15) is 8.78 Å². The monoisotopic (exact) mass is 365 g/mol. The van der Waals surface area contributed by atoms with Crippen molar-refractivity contribution in [3.8, 4) is 5.75 Å². The minimum Gasteiger partial charge on any atom is -0.435 e. The quantitative estimate of drug-likeness (QED) is 0.794. The number of amides is 1. The van der Waals surface area contributed by atoms with Crippen LogP contribution >= 0.6 is 11.6 Å². The molecule has 0 spiro atoms. The van der Waals surface area contributed by atoms with Crippen LogP contribution in [-0.4, -0.2) is 12.5 Å². The molecule has 1 fully saturated rings. The molecule has 1 aliphatic carbocycles. The second kappa shape index (κ2) is 7.00. The van der Waals surface area contributed by atoms with E-state index in [0.717, 1.165) is 24.0 Å². The largest absolute Gasteiger partial charge is 0.435 e. The van der Waals surface area contributed by atoms with Gasteiger partial charge in [-0.3, -0.25) is 4.79 Å². The van der Waals surface area contributed by atoms with E-state index in [9.17, 15) is 13.6 Å². The van der Waals surface area contributed by atoms with Crippen LogP contribution in [0.4, 0.5) is 8.78 Å². The minimum atomic E-state index is -2.85. The molecule has 1 saturated carbocycles. The van der Waals surface area contributed by atoms with Crippen molar-refractivity contribution >= 4 is 17.5 Å². The first-order chi connectivity index (χ1) is 11.9. The van der Waals surface area contributed by atoms with Crippen molar-refractivity contribution in [3.63, 3.8) is 0 Å². The molecule has 1 unspecified atom stereocenters. The number of ether oxygens (including phenoxy) is 1. The number of hydrogen-bond donors (Lipinski definition) is 1. The van der Waals surface area contributed by atoms with E-state index in [1.807, 2.05) is 19.1 Å². The molecule has 2 aromatic carbocycles. The van der Waals surface area contributed by atoms with Crippen LogP contribution in [0.3, 0.4) is 0 Å². The van der Waals surface area contributed by atoms with Crippen molar-refractivity contribution in [2.45, 2.75) is 37.8 Å². The topological polar surface area (TPSA) is 38.3 Å². The summed E-state index contributed by atoms with van der Waals surface area (Å²) in [6.07, 6.45) is 1.60. The number of carbonyl (C=O) groups excluding carboxylic acids is 1. The molecule has 1 atom stereocenters. The van der Waals surface area contributed by atoms with Gasteiger partial charge in [-0.15, -0.1) is 0 Å². The van der Waals surface area contributed by atoms with E-state index in [1.54, 1.807) is 24.3 Å². The summed E-state index contributed by atoms with van der Waals surface area (Å²) in [5, 5.41) is 3.65. The maximum Gasteiger partial charge on any atom is 0.387 e. The number of nitrogens with one attached hydrogen (secondary N) is 1. The SMILES string of the molecule is CC(NC(=O)C1(c2ccc(Cl)cc2)CC1)c1ccc(OC(F)F)cc1. The lowest BCUT2D eigenvalue weighted by molar-refractivity contribution is -0.124. The molecule has 1 amide bonds. The molecule has 6 heteroatoms. The number of rotatable bonds is 6. The van der Waals surface area contributed by atoms with Crippen LogP contribution in [0.25, 0.3) is 0 Å². The minimum absolute atomic E-state index is 0.0322. The summed E-state index contributed by atoms with van der Waals surface area (Å²) in [6, 6.07) is 13.4. The Morgan fingerprint density at radius 3 is 2.24 bits per heavy atom. The number of carbonyl (C=O) groups is 1. The van der Waals surface area contributed by atoms with Gasteiger partial charge in [0.1, 0.15) is 5.75 Å². The molecule has 0 heterocycles. The van der Waals surface area contributed by atoms with Gasteiger partial charge in [0.05, 0.1) is 11.5 Å². The van der Waals surface area contributed by atoms with Gasteiger partial charge in [0, 0.05) is 5.02 Å². The number of hydrogen-bond acceptors (Lipinski definition) is 2. The maximum atomic E-state index is 12.7. The van der Waals surface area contributed by atoms with E-state index in [2.05, 4.69) is 10.1 Å². The van der Waals surface area contributed by atoms with Crippen LogP contribution in [0.5, 0.6) is 5.75 Å². The van der Waals surface area contributed by atoms with Gasteiger partial charge >= 0.3 is 6.61 Å². The van der Waals surface area contributed by atoms with Gasteiger partial charge in [0.2, 0.25) is 5.91 Å². The molecule has 3 nitrogen and oxygen atoms in total. The van der Waals surface area contributed by atoms with Crippen LogP contribution in [0.2, 0.25) is 5.02 Å². The van der Waals surface area contributed by atoms with Gasteiger partial charge in [-0.25, -0.2) is 0 Å². The van der Waals surface area contributed by atoms with Crippen molar-refractivity contribution in [3.05, 3.63) is 64.7 Å². The summed E-state index contributed by atoms with van der Waals surface area (Å²) in [4.78, 5) is 12.7. The molecule has 132 valence electrons. The molecule has 0 aliphatic heterocycles. The normalized spacial score (nSPS) is 16.4. The Hall–Kier alpha value is -2.14. The second-order valence-corrected chi connectivity index (χ2v) is 6.67. The molecule has 0 bridgehead atoms. The molecule has 0 saturated heterocycles. The van der Waals surface area contributed by atoms with Gasteiger partial charge in [-0.1, -0.05) is 35.9 Å². The molecule has 0 radical (unpaired) electrons. The van der Waals surface area contributed by atoms with Crippen molar-refractivity contribution in [1.29, 1.82) is 0 Å². The molecule has 1 N–H and O–H groups in total. The highest BCUT2D eigenvalue weighted by Crippen LogP contribution is 2.48. The van der Waals surface area contributed by atoms with Gasteiger partial charge < -0.3 is 10.1 Å². The fraction of sp³-hybridized carbons (Fsp3) is 0.316. The van der Waals surface area contributed by atoms with Gasteiger partial charge in [-0.05, 0) is 55.2 Å². The summed E-state index contributed by atoms with van der Waals surface area (Å²) in [7, 11) is 0. The van der Waals surface area contributed by atoms with Crippen molar-refractivity contribution in [2.24, 2.45) is 0 Å². The smallest absolute Gasteiger partial charge is 0.387 e. The molecule has 3 rings (SSSR count). The highest BCUT2D eigenvalue weighted by atomic mass is 35.5. The lowest BCUT2D eigenvalue weighted by atomic mass is 9.94. The van der Waals surface area contributed by atoms with Crippen LogP contribution in [0.1, 0.15) is 36.9 Å². The lowest BCUT2D eigenvalue weighted by Crippen LogP contribution is -2.36. The first-order valence-electron chi connectivity index (χ1n) is 8.02. The molecule has 0 aromatic heterocycles. The Bertz CT molecular complexity index is 743. The standard InChI is InChI=1S/C19H18ClF2NO2/c1-12(13-2-8-16(9-3-13)25-18(21)22)23-17(24)19(10-11-19)14-4-6-15(20)7-5-14/h2-9,12,18H,10-11H2,1H3,(H,23,24). The predicted molar refractivity (Wildman–Crippen MR) is 92.0 cm³/mol. The van der Waals surface area contributed by atoms with Crippen LogP contribution in [0.15, 0.2) is 48.5 Å². The zero-order valence-corrected chi connectivity index (χ0v) is 14.4. The Morgan fingerprint density at radius 1 is 1.12 bits per heavy atom. The Kier molecular flexibility index (Phi) is 4.95.